The highest BCUT2D eigenvalue weighted by Crippen LogP contribution is 2.21. The van der Waals surface area contributed by atoms with Gasteiger partial charge in [0.1, 0.15) is 6.77 Å². The smallest absolute Gasteiger partial charge is 0.109 e. The van der Waals surface area contributed by atoms with E-state index in [0.29, 0.717) is 0 Å². The molecular weight excluding hydrogens is 349 g/mol. The zero-order chi connectivity index (χ0) is 5.15. The fourth-order valence-electron chi connectivity index (χ4n) is 0. The van der Waals surface area contributed by atoms with Gasteiger partial charge in [0.2, 0.25) is 0 Å². The Bertz CT molecular complexity index is 30.5. The lowest BCUT2D eigenvalue weighted by atomic mass is 11.0. The molecule has 0 spiro atoms. The van der Waals surface area contributed by atoms with Gasteiger partial charge in [0.25, 0.3) is 0 Å². The Kier molecular flexibility index (Phi) is 5.32. The molecule has 0 N–H and O–H groups in total. The van der Waals surface area contributed by atoms with Crippen molar-refractivity contribution in [3.8, 4) is 0 Å². The SMILES string of the molecule is ClC(I)C(Cl)I. The second kappa shape index (κ2) is 3.97. The maximum atomic E-state index is 5.46. The van der Waals surface area contributed by atoms with E-state index in [9.17, 15) is 0 Å². The molecule has 0 aliphatic rings. The second-order valence-corrected chi connectivity index (χ2v) is 5.77. The summed E-state index contributed by atoms with van der Waals surface area (Å²) in [5.41, 5.74) is 0. The lowest BCUT2D eigenvalue weighted by Gasteiger charge is -1.96. The van der Waals surface area contributed by atoms with Crippen LogP contribution in [0.5, 0.6) is 0 Å². The van der Waals surface area contributed by atoms with Crippen LogP contribution in [0, 0.1) is 0 Å². The van der Waals surface area contributed by atoms with Gasteiger partial charge in [-0.1, -0.05) is 45.2 Å². The van der Waals surface area contributed by atoms with E-state index in [0.717, 1.165) is 0 Å². The molecule has 0 aromatic rings. The molecule has 0 aliphatic carbocycles. The zero-order valence-corrected chi connectivity index (χ0v) is 8.49. The Balaban J connectivity index is 2.99. The van der Waals surface area contributed by atoms with E-state index in [2.05, 4.69) is 45.2 Å². The van der Waals surface area contributed by atoms with Crippen molar-refractivity contribution in [2.75, 3.05) is 0 Å². The minimum atomic E-state index is 0.0462. The Morgan fingerprint density at radius 3 is 1.17 bits per heavy atom. The summed E-state index contributed by atoms with van der Waals surface area (Å²) >= 11 is 15.0. The molecule has 0 saturated carbocycles. The van der Waals surface area contributed by atoms with Gasteiger partial charge in [-0.05, 0) is 0 Å². The summed E-state index contributed by atoms with van der Waals surface area (Å²) in [6.45, 7) is 0. The molecule has 0 amide bonds. The Hall–Kier alpha value is 2.04. The molecule has 6 heavy (non-hydrogen) atoms. The molecule has 0 aliphatic heterocycles. The summed E-state index contributed by atoms with van der Waals surface area (Å²) in [6, 6.07) is 0. The molecule has 0 aromatic carbocycles. The predicted molar refractivity (Wildman–Crippen MR) is 47.3 cm³/mol. The monoisotopic (exact) mass is 350 g/mol. The summed E-state index contributed by atoms with van der Waals surface area (Å²) in [5.74, 6) is 0. The molecule has 38 valence electrons. The van der Waals surface area contributed by atoms with E-state index in [-0.39, 0.29) is 6.77 Å². The normalized spacial score (nSPS) is 20.0. The molecule has 0 fully saturated rings. The van der Waals surface area contributed by atoms with Crippen molar-refractivity contribution in [2.45, 2.75) is 6.77 Å². The first-order valence-corrected chi connectivity index (χ1v) is 4.57. The van der Waals surface area contributed by atoms with Gasteiger partial charge >= 0.3 is 0 Å². The lowest BCUT2D eigenvalue weighted by molar-refractivity contribution is 1.43. The summed E-state index contributed by atoms with van der Waals surface area (Å²) in [6.07, 6.45) is 0. The Morgan fingerprint density at radius 2 is 1.17 bits per heavy atom. The number of alkyl halides is 4. The topological polar surface area (TPSA) is 0 Å². The van der Waals surface area contributed by atoms with E-state index in [1.54, 1.807) is 0 Å². The van der Waals surface area contributed by atoms with Crippen LogP contribution in [0.25, 0.3) is 0 Å². The van der Waals surface area contributed by atoms with Crippen LogP contribution in [0.3, 0.4) is 0 Å². The van der Waals surface area contributed by atoms with Gasteiger partial charge in [0.15, 0.2) is 0 Å². The van der Waals surface area contributed by atoms with Gasteiger partial charge in [0, 0.05) is 0 Å². The van der Waals surface area contributed by atoms with Gasteiger partial charge in [-0.3, -0.25) is 0 Å². The average molecular weight is 351 g/mol. The highest BCUT2D eigenvalue weighted by atomic mass is 127. The summed E-state index contributed by atoms with van der Waals surface area (Å²) in [4.78, 5) is 0. The molecule has 0 saturated heterocycles. The van der Waals surface area contributed by atoms with E-state index in [4.69, 9.17) is 23.2 Å². The van der Waals surface area contributed by atoms with Gasteiger partial charge in [-0.15, -0.1) is 23.2 Å². The van der Waals surface area contributed by atoms with Crippen LogP contribution < -0.4 is 0 Å². The van der Waals surface area contributed by atoms with Crippen LogP contribution in [0.15, 0.2) is 0 Å². The first-order chi connectivity index (χ1) is 2.64. The molecule has 2 atom stereocenters. The van der Waals surface area contributed by atoms with Crippen LogP contribution in [-0.2, 0) is 0 Å². The van der Waals surface area contributed by atoms with Crippen LogP contribution in [0.1, 0.15) is 0 Å². The Morgan fingerprint density at radius 1 is 1.00 bits per heavy atom. The van der Waals surface area contributed by atoms with Crippen molar-refractivity contribution in [1.82, 2.24) is 0 Å². The fraction of sp³-hybridized carbons (Fsp3) is 1.00. The molecule has 0 radical (unpaired) electrons. The number of halogens is 4. The van der Waals surface area contributed by atoms with Gasteiger partial charge in [0.05, 0.1) is 0 Å². The van der Waals surface area contributed by atoms with Crippen LogP contribution in [0.2, 0.25) is 0 Å². The Labute approximate surface area is 74.2 Å². The maximum absolute atomic E-state index is 5.46. The third-order valence-electron chi connectivity index (χ3n) is 0.190. The number of hydrogen-bond acceptors (Lipinski definition) is 0. The van der Waals surface area contributed by atoms with Crippen molar-refractivity contribution in [2.24, 2.45) is 0 Å². The first kappa shape index (κ1) is 8.04. The van der Waals surface area contributed by atoms with Crippen LogP contribution in [-0.4, -0.2) is 6.77 Å². The molecule has 0 heterocycles. The maximum Gasteiger partial charge on any atom is 0.110 e. The molecule has 0 nitrogen and oxygen atoms in total. The van der Waals surface area contributed by atoms with E-state index in [1.807, 2.05) is 0 Å². The molecule has 0 rings (SSSR count). The zero-order valence-electron chi connectivity index (χ0n) is 2.67. The van der Waals surface area contributed by atoms with Crippen LogP contribution in [0.4, 0.5) is 0 Å². The molecule has 0 bridgehead atoms. The highest BCUT2D eigenvalue weighted by Gasteiger charge is 2.05. The van der Waals surface area contributed by atoms with Crippen molar-refractivity contribution < 1.29 is 0 Å². The quantitative estimate of drug-likeness (QED) is 0.504. The minimum absolute atomic E-state index is 0.0462. The summed E-state index contributed by atoms with van der Waals surface area (Å²) in [5, 5.41) is 0. The van der Waals surface area contributed by atoms with E-state index < -0.39 is 0 Å². The van der Waals surface area contributed by atoms with Gasteiger partial charge in [-0.2, -0.15) is 0 Å². The van der Waals surface area contributed by atoms with Crippen LogP contribution >= 0.6 is 68.4 Å². The van der Waals surface area contributed by atoms with Crippen molar-refractivity contribution in [3.63, 3.8) is 0 Å². The van der Waals surface area contributed by atoms with E-state index >= 15 is 0 Å². The third kappa shape index (κ3) is 4.21. The van der Waals surface area contributed by atoms with Crippen molar-refractivity contribution >= 4 is 68.4 Å². The van der Waals surface area contributed by atoms with Crippen molar-refractivity contribution in [3.05, 3.63) is 0 Å². The molecule has 2 unspecified atom stereocenters. The highest BCUT2D eigenvalue weighted by molar-refractivity contribution is 14.1. The summed E-state index contributed by atoms with van der Waals surface area (Å²) in [7, 11) is 0. The first-order valence-electron chi connectivity index (χ1n) is 1.21. The standard InChI is InChI=1S/C2H2Cl2I2/c3-1(5)2(4)6/h1-2H. The number of hydrogen-bond donors (Lipinski definition) is 0. The van der Waals surface area contributed by atoms with Gasteiger partial charge in [-0.25, -0.2) is 0 Å². The summed E-state index contributed by atoms with van der Waals surface area (Å²) < 4.78 is 0.0923. The largest absolute Gasteiger partial charge is 0.110 e. The third-order valence-corrected chi connectivity index (χ3v) is 4.49. The molecular formula is C2H2Cl2I2. The lowest BCUT2D eigenvalue weighted by Crippen LogP contribution is -1.94. The van der Waals surface area contributed by atoms with Gasteiger partial charge < -0.3 is 0 Å². The minimum Gasteiger partial charge on any atom is -0.109 e. The molecule has 4 heteroatoms. The molecule has 0 aromatic heterocycles. The average Bonchev–Trinajstić information content (AvgIpc) is 1.36. The van der Waals surface area contributed by atoms with E-state index in [1.165, 1.54) is 0 Å². The fourth-order valence-corrected chi connectivity index (χ4v) is 0. The predicted octanol–water partition coefficient (Wildman–Crippen LogP) is 2.99. The van der Waals surface area contributed by atoms with Crippen molar-refractivity contribution in [1.29, 1.82) is 0 Å². The second-order valence-electron chi connectivity index (χ2n) is 0.669. The number of rotatable bonds is 1.